The Hall–Kier alpha value is -1.57. The minimum absolute atomic E-state index is 0.260. The highest BCUT2D eigenvalue weighted by molar-refractivity contribution is 7.53. The molecule has 7 nitrogen and oxygen atoms in total. The van der Waals surface area contributed by atoms with Gasteiger partial charge in [0.25, 0.3) is 0 Å². The summed E-state index contributed by atoms with van der Waals surface area (Å²) in [5.41, 5.74) is 1.98. The van der Waals surface area contributed by atoms with Crippen LogP contribution in [0.3, 0.4) is 0 Å². The molecule has 0 bridgehead atoms. The minimum atomic E-state index is -3.06. The Morgan fingerprint density at radius 1 is 0.675 bits per heavy atom. The largest absolute Gasteiger partial charge is 0.381 e. The number of nitrogens with zero attached hydrogens (tertiary/aromatic N) is 1. The lowest BCUT2D eigenvalue weighted by molar-refractivity contribution is -0.0828. The van der Waals surface area contributed by atoms with Gasteiger partial charge in [0, 0.05) is 26.2 Å². The Morgan fingerprint density at radius 3 is 1.65 bits per heavy atom. The predicted octanol–water partition coefficient (Wildman–Crippen LogP) is 7.34. The molecule has 226 valence electrons. The molecule has 0 unspecified atom stereocenters. The average Bonchev–Trinajstić information content (AvgIpc) is 2.89. The Morgan fingerprint density at radius 2 is 1.15 bits per heavy atom. The molecule has 0 atom stereocenters. The topological polar surface area (TPSA) is 66.5 Å². The van der Waals surface area contributed by atoms with Crippen LogP contribution in [-0.4, -0.2) is 68.4 Å². The normalized spacial score (nSPS) is 12.8. The maximum atomic E-state index is 12.5. The monoisotopic (exact) mass is 577 g/mol. The van der Waals surface area contributed by atoms with E-state index in [-0.39, 0.29) is 17.4 Å². The van der Waals surface area contributed by atoms with Gasteiger partial charge in [0.1, 0.15) is 0 Å². The highest BCUT2D eigenvalue weighted by Crippen LogP contribution is 2.47. The third kappa shape index (κ3) is 14.9. The zero-order valence-corrected chi connectivity index (χ0v) is 26.5. The molecule has 2 aromatic carbocycles. The van der Waals surface area contributed by atoms with Gasteiger partial charge in [-0.1, -0.05) is 60.7 Å². The SMILES string of the molecule is CCOP(=O)(CCOCCC(C)(C)OCCC(C)(C)OCCN(Cc1ccccc1)Cc1ccccc1)OCC. The van der Waals surface area contributed by atoms with Crippen LogP contribution in [0.15, 0.2) is 60.7 Å². The fourth-order valence-corrected chi connectivity index (χ4v) is 5.69. The van der Waals surface area contributed by atoms with Gasteiger partial charge < -0.3 is 23.3 Å². The summed E-state index contributed by atoms with van der Waals surface area (Å²) in [6.07, 6.45) is 1.78. The van der Waals surface area contributed by atoms with Crippen LogP contribution in [0.25, 0.3) is 0 Å². The summed E-state index contributed by atoms with van der Waals surface area (Å²) in [6, 6.07) is 21.2. The van der Waals surface area contributed by atoms with Gasteiger partial charge in [-0.15, -0.1) is 0 Å². The molecule has 0 aliphatic carbocycles. The molecule has 0 amide bonds. The van der Waals surface area contributed by atoms with Gasteiger partial charge in [0.15, 0.2) is 0 Å². The first-order valence-electron chi connectivity index (χ1n) is 14.6. The molecule has 0 aliphatic heterocycles. The summed E-state index contributed by atoms with van der Waals surface area (Å²) >= 11 is 0. The van der Waals surface area contributed by atoms with Crippen LogP contribution >= 0.6 is 7.60 Å². The van der Waals surface area contributed by atoms with Crippen molar-refractivity contribution in [3.05, 3.63) is 71.8 Å². The van der Waals surface area contributed by atoms with Crippen molar-refractivity contribution >= 4 is 7.60 Å². The Labute approximate surface area is 243 Å². The van der Waals surface area contributed by atoms with Gasteiger partial charge >= 0.3 is 7.60 Å². The summed E-state index contributed by atoms with van der Waals surface area (Å²) in [4.78, 5) is 2.43. The second-order valence-electron chi connectivity index (χ2n) is 11.2. The third-order valence-electron chi connectivity index (χ3n) is 6.60. The molecule has 2 aromatic rings. The lowest BCUT2D eigenvalue weighted by atomic mass is 10.0. The molecule has 0 aliphatic rings. The average molecular weight is 578 g/mol. The summed E-state index contributed by atoms with van der Waals surface area (Å²) in [6.45, 7) is 17.4. The first-order chi connectivity index (χ1) is 19.1. The van der Waals surface area contributed by atoms with Crippen molar-refractivity contribution < 1.29 is 27.8 Å². The van der Waals surface area contributed by atoms with Crippen LogP contribution in [-0.2, 0) is 40.9 Å². The van der Waals surface area contributed by atoms with Crippen LogP contribution in [0.4, 0.5) is 0 Å². The zero-order chi connectivity index (χ0) is 29.3. The van der Waals surface area contributed by atoms with E-state index in [1.165, 1.54) is 11.1 Å². The summed E-state index contributed by atoms with van der Waals surface area (Å²) < 4.78 is 41.4. The molecule has 0 aromatic heterocycles. The van der Waals surface area contributed by atoms with Crippen molar-refractivity contribution in [1.29, 1.82) is 0 Å². The van der Waals surface area contributed by atoms with E-state index < -0.39 is 7.60 Å². The third-order valence-corrected chi connectivity index (χ3v) is 8.64. The molecule has 0 heterocycles. The molecule has 0 radical (unpaired) electrons. The Kier molecular flexibility index (Phi) is 15.6. The fraction of sp³-hybridized carbons (Fsp3) is 0.625. The van der Waals surface area contributed by atoms with Crippen molar-refractivity contribution in [1.82, 2.24) is 4.90 Å². The van der Waals surface area contributed by atoms with E-state index in [0.717, 1.165) is 32.5 Å². The lowest BCUT2D eigenvalue weighted by Gasteiger charge is -2.31. The number of rotatable bonds is 22. The van der Waals surface area contributed by atoms with E-state index in [1.54, 1.807) is 0 Å². The predicted molar refractivity (Wildman–Crippen MR) is 163 cm³/mol. The van der Waals surface area contributed by atoms with Gasteiger partial charge in [0.05, 0.1) is 50.4 Å². The van der Waals surface area contributed by atoms with Crippen molar-refractivity contribution in [3.63, 3.8) is 0 Å². The molecular formula is C32H52NO6P. The molecule has 8 heteroatoms. The molecule has 40 heavy (non-hydrogen) atoms. The van der Waals surface area contributed by atoms with E-state index in [9.17, 15) is 4.57 Å². The number of hydrogen-bond acceptors (Lipinski definition) is 7. The summed E-state index contributed by atoms with van der Waals surface area (Å²) in [7, 11) is -3.06. The van der Waals surface area contributed by atoms with E-state index in [1.807, 2.05) is 13.8 Å². The maximum Gasteiger partial charge on any atom is 0.332 e. The molecule has 0 N–H and O–H groups in total. The minimum Gasteiger partial charge on any atom is -0.381 e. The van der Waals surface area contributed by atoms with Gasteiger partial charge in [-0.25, -0.2) is 0 Å². The molecule has 0 fully saturated rings. The first-order valence-corrected chi connectivity index (χ1v) is 16.3. The summed E-state index contributed by atoms with van der Waals surface area (Å²) in [5.74, 6) is 0. The summed E-state index contributed by atoms with van der Waals surface area (Å²) in [5, 5.41) is 0. The van der Waals surface area contributed by atoms with E-state index in [4.69, 9.17) is 23.3 Å². The van der Waals surface area contributed by atoms with Gasteiger partial charge in [-0.05, 0) is 65.5 Å². The number of ether oxygens (including phenoxy) is 3. The van der Waals surface area contributed by atoms with E-state index in [2.05, 4.69) is 93.3 Å². The van der Waals surface area contributed by atoms with Crippen LogP contribution in [0.5, 0.6) is 0 Å². The standard InChI is InChI=1S/C32H52NO6P/c1-7-38-40(34,39-8-2)26-25-35-22-19-31(3,4)36-23-20-32(5,6)37-24-21-33(27-29-15-11-9-12-16-29)28-30-17-13-10-14-18-30/h9-18H,7-8,19-28H2,1-6H3. The highest BCUT2D eigenvalue weighted by Gasteiger charge is 2.25. The first kappa shape index (κ1) is 34.6. The second kappa shape index (κ2) is 18.1. The number of hydrogen-bond donors (Lipinski definition) is 0. The van der Waals surface area contributed by atoms with Crippen molar-refractivity contribution in [3.8, 4) is 0 Å². The highest BCUT2D eigenvalue weighted by atomic mass is 31.2. The van der Waals surface area contributed by atoms with Crippen LogP contribution in [0.2, 0.25) is 0 Å². The van der Waals surface area contributed by atoms with Crippen LogP contribution in [0, 0.1) is 0 Å². The molecule has 0 spiro atoms. The van der Waals surface area contributed by atoms with Crippen molar-refractivity contribution in [2.24, 2.45) is 0 Å². The van der Waals surface area contributed by atoms with Crippen molar-refractivity contribution in [2.45, 2.75) is 78.7 Å². The molecule has 2 rings (SSSR count). The van der Waals surface area contributed by atoms with Crippen LogP contribution < -0.4 is 0 Å². The molecular weight excluding hydrogens is 525 g/mol. The maximum absolute atomic E-state index is 12.5. The lowest BCUT2D eigenvalue weighted by Crippen LogP contribution is -2.34. The molecule has 0 saturated heterocycles. The van der Waals surface area contributed by atoms with Gasteiger partial charge in [-0.2, -0.15) is 0 Å². The smallest absolute Gasteiger partial charge is 0.332 e. The zero-order valence-electron chi connectivity index (χ0n) is 25.6. The van der Waals surface area contributed by atoms with Crippen molar-refractivity contribution in [2.75, 3.05) is 52.3 Å². The van der Waals surface area contributed by atoms with E-state index >= 15 is 0 Å². The van der Waals surface area contributed by atoms with E-state index in [0.29, 0.717) is 39.6 Å². The number of benzene rings is 2. The van der Waals surface area contributed by atoms with Gasteiger partial charge in [-0.3, -0.25) is 9.46 Å². The van der Waals surface area contributed by atoms with Gasteiger partial charge in [0.2, 0.25) is 0 Å². The van der Waals surface area contributed by atoms with Crippen LogP contribution in [0.1, 0.15) is 65.5 Å². The Bertz CT molecular complexity index is 918. The second-order valence-corrected chi connectivity index (χ2v) is 13.4. The molecule has 0 saturated carbocycles. The Balaban J connectivity index is 1.71. The quantitative estimate of drug-likeness (QED) is 0.107. The fourth-order valence-electron chi connectivity index (χ4n) is 4.22.